The van der Waals surface area contributed by atoms with Crippen molar-refractivity contribution in [2.75, 3.05) is 18.1 Å². The maximum absolute atomic E-state index is 6.10. The second-order valence-electron chi connectivity index (χ2n) is 4.45. The lowest BCUT2D eigenvalue weighted by Crippen LogP contribution is -2.23. The fourth-order valence-corrected chi connectivity index (χ4v) is 2.18. The van der Waals surface area contributed by atoms with Crippen molar-refractivity contribution >= 4 is 17.4 Å². The maximum atomic E-state index is 6.10. The summed E-state index contributed by atoms with van der Waals surface area (Å²) in [5.41, 5.74) is 1.01. The molecular weight excluding hydrogens is 286 g/mol. The van der Waals surface area contributed by atoms with Crippen LogP contribution in [-0.2, 0) is 6.54 Å². The van der Waals surface area contributed by atoms with Crippen molar-refractivity contribution in [2.24, 2.45) is 0 Å². The average molecular weight is 304 g/mol. The molecule has 4 nitrogen and oxygen atoms in total. The highest BCUT2D eigenvalue weighted by Gasteiger charge is 2.11. The highest BCUT2D eigenvalue weighted by atomic mass is 35.5. The summed E-state index contributed by atoms with van der Waals surface area (Å²) in [6.45, 7) is 7.67. The molecule has 0 saturated carbocycles. The van der Waals surface area contributed by atoms with E-state index in [4.69, 9.17) is 16.3 Å². The largest absolute Gasteiger partial charge is 0.489 e. The van der Waals surface area contributed by atoms with E-state index in [0.717, 1.165) is 23.7 Å². The van der Waals surface area contributed by atoms with Crippen LogP contribution in [-0.4, -0.2) is 23.3 Å². The summed E-state index contributed by atoms with van der Waals surface area (Å²) in [7, 11) is 0. The van der Waals surface area contributed by atoms with Gasteiger partial charge in [0.25, 0.3) is 0 Å². The number of anilines is 1. The van der Waals surface area contributed by atoms with Crippen molar-refractivity contribution in [3.63, 3.8) is 0 Å². The van der Waals surface area contributed by atoms with Gasteiger partial charge in [0.15, 0.2) is 5.82 Å². The Morgan fingerprint density at radius 2 is 2.24 bits per heavy atom. The van der Waals surface area contributed by atoms with Gasteiger partial charge < -0.3 is 9.64 Å². The molecule has 21 heavy (non-hydrogen) atoms. The fraction of sp³-hybridized carbons (Fsp3) is 0.250. The molecule has 0 bridgehead atoms. The van der Waals surface area contributed by atoms with Gasteiger partial charge in [-0.3, -0.25) is 0 Å². The van der Waals surface area contributed by atoms with Gasteiger partial charge in [-0.1, -0.05) is 24.3 Å². The van der Waals surface area contributed by atoms with Gasteiger partial charge in [0.1, 0.15) is 12.4 Å². The predicted molar refractivity (Wildman–Crippen MR) is 85.9 cm³/mol. The van der Waals surface area contributed by atoms with Crippen molar-refractivity contribution in [3.05, 3.63) is 59.8 Å². The zero-order valence-electron chi connectivity index (χ0n) is 12.0. The minimum atomic E-state index is 0.464. The molecular formula is C16H18ClN3O. The quantitative estimate of drug-likeness (QED) is 0.731. The van der Waals surface area contributed by atoms with Crippen LogP contribution in [0, 0.1) is 0 Å². The van der Waals surface area contributed by atoms with Crippen LogP contribution in [0.4, 0.5) is 5.82 Å². The van der Waals surface area contributed by atoms with Crippen LogP contribution in [0.25, 0.3) is 0 Å². The minimum absolute atomic E-state index is 0.464. The summed E-state index contributed by atoms with van der Waals surface area (Å²) in [6, 6.07) is 9.43. The number of aromatic nitrogens is 2. The van der Waals surface area contributed by atoms with Gasteiger partial charge in [0.2, 0.25) is 0 Å². The Bertz CT molecular complexity index is 589. The zero-order chi connectivity index (χ0) is 15.1. The topological polar surface area (TPSA) is 38.2 Å². The van der Waals surface area contributed by atoms with E-state index >= 15 is 0 Å². The van der Waals surface area contributed by atoms with Crippen LogP contribution >= 0.6 is 11.6 Å². The van der Waals surface area contributed by atoms with Crippen molar-refractivity contribution in [1.82, 2.24) is 10.2 Å². The van der Waals surface area contributed by atoms with E-state index in [9.17, 15) is 0 Å². The van der Waals surface area contributed by atoms with Crippen LogP contribution in [0.15, 0.2) is 49.2 Å². The highest BCUT2D eigenvalue weighted by molar-refractivity contribution is 6.30. The zero-order valence-corrected chi connectivity index (χ0v) is 12.8. The summed E-state index contributed by atoms with van der Waals surface area (Å²) in [5, 5.41) is 8.76. The maximum Gasteiger partial charge on any atom is 0.151 e. The summed E-state index contributed by atoms with van der Waals surface area (Å²) in [6.07, 6.45) is 3.38. The number of hydrogen-bond acceptors (Lipinski definition) is 4. The van der Waals surface area contributed by atoms with E-state index in [1.54, 1.807) is 12.3 Å². The Kier molecular flexibility index (Phi) is 5.58. The van der Waals surface area contributed by atoms with Crippen LogP contribution < -0.4 is 9.64 Å². The first kappa shape index (κ1) is 15.3. The molecule has 2 rings (SSSR count). The van der Waals surface area contributed by atoms with Crippen molar-refractivity contribution < 1.29 is 4.74 Å². The second-order valence-corrected chi connectivity index (χ2v) is 4.88. The summed E-state index contributed by atoms with van der Waals surface area (Å²) in [5.74, 6) is 1.64. The molecule has 0 unspecified atom stereocenters. The van der Waals surface area contributed by atoms with Crippen LogP contribution in [0.1, 0.15) is 12.5 Å². The third-order valence-electron chi connectivity index (χ3n) is 3.00. The third kappa shape index (κ3) is 4.20. The van der Waals surface area contributed by atoms with E-state index in [-0.39, 0.29) is 0 Å². The molecule has 0 saturated heterocycles. The van der Waals surface area contributed by atoms with Gasteiger partial charge in [-0.05, 0) is 37.3 Å². The lowest BCUT2D eigenvalue weighted by Gasteiger charge is -2.22. The Hall–Kier alpha value is -2.07. The molecule has 1 aromatic heterocycles. The van der Waals surface area contributed by atoms with E-state index < -0.39 is 0 Å². The molecule has 0 spiro atoms. The fourth-order valence-electron chi connectivity index (χ4n) is 1.98. The molecule has 110 valence electrons. The summed E-state index contributed by atoms with van der Waals surface area (Å²) < 4.78 is 5.68. The Balaban J connectivity index is 2.23. The number of halogens is 1. The SMILES string of the molecule is C=CCOc1ccc(Cl)cc1CN(CC)c1cccnn1. The van der Waals surface area contributed by atoms with Crippen LogP contribution in [0.3, 0.4) is 0 Å². The molecule has 2 aromatic rings. The first-order valence-electron chi connectivity index (χ1n) is 6.79. The van der Waals surface area contributed by atoms with Crippen LogP contribution in [0.2, 0.25) is 5.02 Å². The normalized spacial score (nSPS) is 10.2. The molecule has 0 N–H and O–H groups in total. The van der Waals surface area contributed by atoms with Gasteiger partial charge in [0.05, 0.1) is 0 Å². The lowest BCUT2D eigenvalue weighted by molar-refractivity contribution is 0.359. The average Bonchev–Trinajstić information content (AvgIpc) is 2.52. The van der Waals surface area contributed by atoms with Crippen LogP contribution in [0.5, 0.6) is 5.75 Å². The molecule has 5 heteroatoms. The monoisotopic (exact) mass is 303 g/mol. The predicted octanol–water partition coefficient (Wildman–Crippen LogP) is 3.72. The molecule has 0 aliphatic carbocycles. The first-order valence-corrected chi connectivity index (χ1v) is 7.17. The Morgan fingerprint density at radius 1 is 1.38 bits per heavy atom. The second kappa shape index (κ2) is 7.64. The molecule has 0 aliphatic heterocycles. The number of ether oxygens (including phenoxy) is 1. The minimum Gasteiger partial charge on any atom is -0.489 e. The van der Waals surface area contributed by atoms with Gasteiger partial charge in [-0.15, -0.1) is 5.10 Å². The summed E-state index contributed by atoms with van der Waals surface area (Å²) in [4.78, 5) is 2.11. The lowest BCUT2D eigenvalue weighted by atomic mass is 10.2. The summed E-state index contributed by atoms with van der Waals surface area (Å²) >= 11 is 6.10. The number of nitrogens with zero attached hydrogens (tertiary/aromatic N) is 3. The van der Waals surface area contributed by atoms with Gasteiger partial charge in [0, 0.05) is 29.9 Å². The first-order chi connectivity index (χ1) is 10.2. The molecule has 0 fully saturated rings. The Labute approximate surface area is 130 Å². The molecule has 0 atom stereocenters. The highest BCUT2D eigenvalue weighted by Crippen LogP contribution is 2.25. The smallest absolute Gasteiger partial charge is 0.151 e. The van der Waals surface area contributed by atoms with Gasteiger partial charge in [-0.25, -0.2) is 0 Å². The van der Waals surface area contributed by atoms with E-state index in [2.05, 4.69) is 28.6 Å². The van der Waals surface area contributed by atoms with E-state index in [1.807, 2.05) is 30.3 Å². The number of hydrogen-bond donors (Lipinski definition) is 0. The van der Waals surface area contributed by atoms with E-state index in [1.165, 1.54) is 0 Å². The number of benzene rings is 1. The molecule has 0 radical (unpaired) electrons. The van der Waals surface area contributed by atoms with Crippen molar-refractivity contribution in [2.45, 2.75) is 13.5 Å². The van der Waals surface area contributed by atoms with Crippen molar-refractivity contribution in [1.29, 1.82) is 0 Å². The molecule has 1 heterocycles. The van der Waals surface area contributed by atoms with Gasteiger partial charge in [-0.2, -0.15) is 5.10 Å². The standard InChI is InChI=1S/C16H18ClN3O/c1-3-10-21-15-8-7-14(17)11-13(15)12-20(4-2)16-6-5-9-18-19-16/h3,5-9,11H,1,4,10,12H2,2H3. The number of rotatable bonds is 7. The van der Waals surface area contributed by atoms with Crippen molar-refractivity contribution in [3.8, 4) is 5.75 Å². The Morgan fingerprint density at radius 3 is 2.90 bits per heavy atom. The molecule has 0 amide bonds. The van der Waals surface area contributed by atoms with Gasteiger partial charge >= 0.3 is 0 Å². The van der Waals surface area contributed by atoms with E-state index in [0.29, 0.717) is 18.2 Å². The third-order valence-corrected chi connectivity index (χ3v) is 3.24. The molecule has 0 aliphatic rings. The molecule has 1 aromatic carbocycles.